The monoisotopic (exact) mass is 200 g/mol. The lowest BCUT2D eigenvalue weighted by atomic mass is 10.1. The van der Waals surface area contributed by atoms with Crippen LogP contribution < -0.4 is 5.73 Å². The zero-order valence-corrected chi connectivity index (χ0v) is 8.98. The van der Waals surface area contributed by atoms with Crippen molar-refractivity contribution in [2.24, 2.45) is 5.73 Å². The van der Waals surface area contributed by atoms with E-state index < -0.39 is 0 Å². The van der Waals surface area contributed by atoms with Gasteiger partial charge in [-0.2, -0.15) is 0 Å². The van der Waals surface area contributed by atoms with Gasteiger partial charge < -0.3 is 5.73 Å². The van der Waals surface area contributed by atoms with Gasteiger partial charge in [-0.15, -0.1) is 0 Å². The van der Waals surface area contributed by atoms with Crippen LogP contribution in [-0.4, -0.2) is 11.0 Å². The predicted octanol–water partition coefficient (Wildman–Crippen LogP) is 2.51. The molecule has 15 heavy (non-hydrogen) atoms. The van der Waals surface area contributed by atoms with Crippen molar-refractivity contribution in [3.8, 4) is 0 Å². The van der Waals surface area contributed by atoms with Crippen molar-refractivity contribution in [2.45, 2.75) is 25.8 Å². The average molecular weight is 200 g/mol. The summed E-state index contributed by atoms with van der Waals surface area (Å²) in [6, 6.07) is 12.6. The van der Waals surface area contributed by atoms with Crippen molar-refractivity contribution in [3.05, 3.63) is 42.1 Å². The van der Waals surface area contributed by atoms with Gasteiger partial charge in [-0.25, -0.2) is 0 Å². The lowest BCUT2D eigenvalue weighted by molar-refractivity contribution is 0.638. The van der Waals surface area contributed by atoms with Gasteiger partial charge in [0.1, 0.15) is 0 Å². The molecule has 0 radical (unpaired) electrons. The molecule has 2 heteroatoms. The zero-order chi connectivity index (χ0) is 10.7. The van der Waals surface area contributed by atoms with E-state index in [0.29, 0.717) is 0 Å². The molecule has 0 aliphatic heterocycles. The number of pyridine rings is 1. The van der Waals surface area contributed by atoms with E-state index in [1.54, 1.807) is 0 Å². The van der Waals surface area contributed by atoms with E-state index >= 15 is 0 Å². The van der Waals surface area contributed by atoms with Crippen molar-refractivity contribution < 1.29 is 0 Å². The second kappa shape index (κ2) is 4.41. The third-order valence-corrected chi connectivity index (χ3v) is 2.65. The molecule has 2 N–H and O–H groups in total. The fourth-order valence-electron chi connectivity index (χ4n) is 1.63. The lowest BCUT2D eigenvalue weighted by Gasteiger charge is -2.08. The van der Waals surface area contributed by atoms with Crippen LogP contribution in [0.5, 0.6) is 0 Å². The lowest BCUT2D eigenvalue weighted by Crippen LogP contribution is -2.21. The molecule has 1 heterocycles. The summed E-state index contributed by atoms with van der Waals surface area (Å²) in [6.45, 7) is 2.10. The van der Waals surface area contributed by atoms with Crippen molar-refractivity contribution in [1.82, 2.24) is 4.98 Å². The molecule has 0 aliphatic carbocycles. The van der Waals surface area contributed by atoms with Gasteiger partial charge in [0.25, 0.3) is 0 Å². The largest absolute Gasteiger partial charge is 0.327 e. The second-order valence-electron chi connectivity index (χ2n) is 3.87. The Kier molecular flexibility index (Phi) is 2.97. The van der Waals surface area contributed by atoms with E-state index in [4.69, 9.17) is 5.73 Å². The van der Waals surface area contributed by atoms with Gasteiger partial charge in [-0.3, -0.25) is 4.98 Å². The van der Waals surface area contributed by atoms with Crippen LogP contribution in [0.25, 0.3) is 10.9 Å². The molecule has 0 amide bonds. The summed E-state index contributed by atoms with van der Waals surface area (Å²) in [5.41, 5.74) is 8.05. The molecule has 2 nitrogen and oxygen atoms in total. The van der Waals surface area contributed by atoms with E-state index in [1.165, 1.54) is 5.39 Å². The predicted molar refractivity (Wildman–Crippen MR) is 63.7 cm³/mol. The summed E-state index contributed by atoms with van der Waals surface area (Å²) >= 11 is 0. The Morgan fingerprint density at radius 3 is 2.80 bits per heavy atom. The minimum atomic E-state index is 0.221. The quantitative estimate of drug-likeness (QED) is 0.826. The highest BCUT2D eigenvalue weighted by Gasteiger charge is 2.03. The Balaban J connectivity index is 2.30. The first-order valence-electron chi connectivity index (χ1n) is 5.40. The van der Waals surface area contributed by atoms with E-state index in [-0.39, 0.29) is 6.04 Å². The smallest absolute Gasteiger partial charge is 0.0705 e. The molecule has 0 saturated carbocycles. The molecule has 1 aromatic heterocycles. The number of hydrogen-bond donors (Lipinski definition) is 1. The van der Waals surface area contributed by atoms with E-state index in [2.05, 4.69) is 30.1 Å². The van der Waals surface area contributed by atoms with Crippen molar-refractivity contribution in [1.29, 1.82) is 0 Å². The summed E-state index contributed by atoms with van der Waals surface area (Å²) in [4.78, 5) is 4.58. The van der Waals surface area contributed by atoms with Gasteiger partial charge in [0, 0.05) is 23.5 Å². The van der Waals surface area contributed by atoms with Crippen LogP contribution in [0.15, 0.2) is 36.4 Å². The first-order chi connectivity index (χ1) is 7.29. The third-order valence-electron chi connectivity index (χ3n) is 2.65. The molecule has 0 aliphatic rings. The number of aromatic nitrogens is 1. The second-order valence-corrected chi connectivity index (χ2v) is 3.87. The molecule has 78 valence electrons. The van der Waals surface area contributed by atoms with E-state index in [0.717, 1.165) is 24.1 Å². The molecule has 0 bridgehead atoms. The maximum absolute atomic E-state index is 5.91. The van der Waals surface area contributed by atoms with Crippen molar-refractivity contribution in [2.75, 3.05) is 0 Å². The highest BCUT2D eigenvalue weighted by Crippen LogP contribution is 2.12. The molecular weight excluding hydrogens is 184 g/mol. The number of hydrogen-bond acceptors (Lipinski definition) is 2. The van der Waals surface area contributed by atoms with Crippen LogP contribution >= 0.6 is 0 Å². The first-order valence-corrected chi connectivity index (χ1v) is 5.40. The summed E-state index contributed by atoms with van der Waals surface area (Å²) < 4.78 is 0. The molecular formula is C13H16N2. The minimum absolute atomic E-state index is 0.221. The number of para-hydroxylation sites is 1. The number of nitrogens with zero attached hydrogens (tertiary/aromatic N) is 1. The number of rotatable bonds is 3. The van der Waals surface area contributed by atoms with Crippen LogP contribution in [-0.2, 0) is 6.42 Å². The van der Waals surface area contributed by atoms with E-state index in [1.807, 2.05) is 18.2 Å². The van der Waals surface area contributed by atoms with Gasteiger partial charge in [0.05, 0.1) is 5.52 Å². The van der Waals surface area contributed by atoms with Crippen molar-refractivity contribution >= 4 is 10.9 Å². The summed E-state index contributed by atoms with van der Waals surface area (Å²) in [6.07, 6.45) is 1.86. The summed E-state index contributed by atoms with van der Waals surface area (Å²) in [7, 11) is 0. The fourth-order valence-corrected chi connectivity index (χ4v) is 1.63. The van der Waals surface area contributed by atoms with Gasteiger partial charge in [0.2, 0.25) is 0 Å². The van der Waals surface area contributed by atoms with Crippen LogP contribution in [0.4, 0.5) is 0 Å². The molecule has 2 aromatic rings. The molecule has 0 unspecified atom stereocenters. The number of fused-ring (bicyclic) bond motifs is 1. The number of benzene rings is 1. The molecule has 0 saturated heterocycles. The van der Waals surface area contributed by atoms with Gasteiger partial charge in [0.15, 0.2) is 0 Å². The van der Waals surface area contributed by atoms with E-state index in [9.17, 15) is 0 Å². The molecule has 0 fully saturated rings. The normalized spacial score (nSPS) is 12.9. The average Bonchev–Trinajstić information content (AvgIpc) is 2.29. The van der Waals surface area contributed by atoms with Gasteiger partial charge >= 0.3 is 0 Å². The standard InChI is InChI=1S/C13H16N2/c1-2-11(14)9-12-8-7-10-5-3-4-6-13(10)15-12/h3-8,11H,2,9,14H2,1H3/t11-/m0/s1. The molecule has 0 spiro atoms. The Hall–Kier alpha value is -1.41. The fraction of sp³-hybridized carbons (Fsp3) is 0.308. The molecule has 1 aromatic carbocycles. The van der Waals surface area contributed by atoms with Crippen LogP contribution in [0.1, 0.15) is 19.0 Å². The Morgan fingerprint density at radius 1 is 1.20 bits per heavy atom. The van der Waals surface area contributed by atoms with Crippen molar-refractivity contribution in [3.63, 3.8) is 0 Å². The highest BCUT2D eigenvalue weighted by molar-refractivity contribution is 5.78. The topological polar surface area (TPSA) is 38.9 Å². The third kappa shape index (κ3) is 2.34. The zero-order valence-electron chi connectivity index (χ0n) is 8.98. The molecule has 1 atom stereocenters. The molecule has 2 rings (SSSR count). The Labute approximate surface area is 90.1 Å². The number of nitrogens with two attached hydrogens (primary N) is 1. The Morgan fingerprint density at radius 2 is 2.00 bits per heavy atom. The van der Waals surface area contributed by atoms with Crippen LogP contribution in [0, 0.1) is 0 Å². The van der Waals surface area contributed by atoms with Crippen LogP contribution in [0.3, 0.4) is 0 Å². The van der Waals surface area contributed by atoms with Gasteiger partial charge in [-0.05, 0) is 18.6 Å². The van der Waals surface area contributed by atoms with Crippen LogP contribution in [0.2, 0.25) is 0 Å². The SMILES string of the molecule is CC[C@H](N)Cc1ccc2ccccc2n1. The maximum Gasteiger partial charge on any atom is 0.0705 e. The first kappa shape index (κ1) is 10.1. The van der Waals surface area contributed by atoms with Gasteiger partial charge in [-0.1, -0.05) is 31.2 Å². The minimum Gasteiger partial charge on any atom is -0.327 e. The highest BCUT2D eigenvalue weighted by atomic mass is 14.7. The summed E-state index contributed by atoms with van der Waals surface area (Å²) in [5, 5.41) is 1.19. The Bertz CT molecular complexity index is 451. The maximum atomic E-state index is 5.91. The summed E-state index contributed by atoms with van der Waals surface area (Å²) in [5.74, 6) is 0.